The molecule has 2 aliphatic rings. The second-order valence-corrected chi connectivity index (χ2v) is 5.02. The zero-order valence-electron chi connectivity index (χ0n) is 7.08. The van der Waals surface area contributed by atoms with Crippen molar-refractivity contribution in [3.63, 3.8) is 0 Å². The molecule has 1 fully saturated rings. The van der Waals surface area contributed by atoms with Gasteiger partial charge in [0.05, 0.1) is 0 Å². The van der Waals surface area contributed by atoms with Crippen LogP contribution in [0.2, 0.25) is 0 Å². The summed E-state index contributed by atoms with van der Waals surface area (Å²) in [5.74, 6) is 0.898. The summed E-state index contributed by atoms with van der Waals surface area (Å²) < 4.78 is 0. The smallest absolute Gasteiger partial charge is 0.0488 e. The van der Waals surface area contributed by atoms with Crippen molar-refractivity contribution in [2.45, 2.75) is 29.0 Å². The van der Waals surface area contributed by atoms with Crippen LogP contribution in [0.15, 0.2) is 24.3 Å². The van der Waals surface area contributed by atoms with Gasteiger partial charge in [0.2, 0.25) is 0 Å². The van der Waals surface area contributed by atoms with Crippen LogP contribution in [0.3, 0.4) is 0 Å². The van der Waals surface area contributed by atoms with Gasteiger partial charge in [-0.25, -0.2) is 0 Å². The van der Waals surface area contributed by atoms with Crippen LogP contribution in [0.5, 0.6) is 0 Å². The van der Waals surface area contributed by atoms with Crippen LogP contribution in [-0.4, -0.2) is 10.8 Å². The Morgan fingerprint density at radius 1 is 1.08 bits per heavy atom. The van der Waals surface area contributed by atoms with E-state index >= 15 is 0 Å². The molecule has 2 bridgehead atoms. The van der Waals surface area contributed by atoms with E-state index in [9.17, 15) is 0 Å². The summed E-state index contributed by atoms with van der Waals surface area (Å²) >= 11 is 12.6. The highest BCUT2D eigenvalue weighted by atomic mass is 35.5. The van der Waals surface area contributed by atoms with E-state index in [1.165, 1.54) is 11.1 Å². The van der Waals surface area contributed by atoms with Gasteiger partial charge >= 0.3 is 0 Å². The molecule has 0 heterocycles. The lowest BCUT2D eigenvalue weighted by Gasteiger charge is -2.18. The maximum absolute atomic E-state index is 6.35. The molecule has 1 saturated carbocycles. The van der Waals surface area contributed by atoms with E-state index in [1.54, 1.807) is 0 Å². The Morgan fingerprint density at radius 2 is 1.77 bits per heavy atom. The molecule has 13 heavy (non-hydrogen) atoms. The predicted molar refractivity (Wildman–Crippen MR) is 55.8 cm³/mol. The third-order valence-electron chi connectivity index (χ3n) is 3.35. The summed E-state index contributed by atoms with van der Waals surface area (Å²) in [6, 6.07) is 8.53. The van der Waals surface area contributed by atoms with Gasteiger partial charge in [0.25, 0.3) is 0 Å². The van der Waals surface area contributed by atoms with Crippen LogP contribution in [0.25, 0.3) is 0 Å². The summed E-state index contributed by atoms with van der Waals surface area (Å²) in [5, 5.41) is 0.488. The Balaban J connectivity index is 2.18. The van der Waals surface area contributed by atoms with Crippen molar-refractivity contribution in [2.24, 2.45) is 0 Å². The molecule has 4 atom stereocenters. The van der Waals surface area contributed by atoms with Crippen molar-refractivity contribution < 1.29 is 0 Å². The number of benzene rings is 1. The molecule has 0 nitrogen and oxygen atoms in total. The second kappa shape index (κ2) is 2.65. The highest BCUT2D eigenvalue weighted by molar-refractivity contribution is 6.26. The largest absolute Gasteiger partial charge is 0.122 e. The molecule has 1 unspecified atom stereocenters. The van der Waals surface area contributed by atoms with Gasteiger partial charge in [-0.05, 0) is 17.5 Å². The molecule has 0 aromatic heterocycles. The van der Waals surface area contributed by atoms with Gasteiger partial charge in [0.1, 0.15) is 0 Å². The highest BCUT2D eigenvalue weighted by Gasteiger charge is 2.49. The van der Waals surface area contributed by atoms with Gasteiger partial charge in [-0.3, -0.25) is 0 Å². The molecular formula is C11H10Cl2. The number of halogens is 2. The third-order valence-corrected chi connectivity index (χ3v) is 4.38. The summed E-state index contributed by atoms with van der Waals surface area (Å²) in [6.45, 7) is 0. The summed E-state index contributed by atoms with van der Waals surface area (Å²) in [5.41, 5.74) is 2.82. The molecule has 1 aromatic rings. The second-order valence-electron chi connectivity index (χ2n) is 3.96. The molecule has 2 aliphatic carbocycles. The quantitative estimate of drug-likeness (QED) is 0.578. The maximum atomic E-state index is 6.35. The average Bonchev–Trinajstić information content (AvgIpc) is 2.56. The third kappa shape index (κ3) is 0.936. The fourth-order valence-electron chi connectivity index (χ4n) is 2.79. The van der Waals surface area contributed by atoms with Crippen LogP contribution in [0.4, 0.5) is 0 Å². The first-order chi connectivity index (χ1) is 6.29. The highest BCUT2D eigenvalue weighted by Crippen LogP contribution is 2.57. The van der Waals surface area contributed by atoms with E-state index in [2.05, 4.69) is 24.3 Å². The predicted octanol–water partition coefficient (Wildman–Crippen LogP) is 3.49. The molecule has 0 amide bonds. The zero-order chi connectivity index (χ0) is 9.00. The average molecular weight is 213 g/mol. The van der Waals surface area contributed by atoms with Gasteiger partial charge in [-0.1, -0.05) is 24.3 Å². The normalized spacial score (nSPS) is 40.8. The van der Waals surface area contributed by atoms with Crippen molar-refractivity contribution >= 4 is 23.2 Å². The van der Waals surface area contributed by atoms with Crippen LogP contribution in [0, 0.1) is 0 Å². The first-order valence-corrected chi connectivity index (χ1v) is 5.53. The standard InChI is InChI=1S/C11H10Cl2/c12-9-5-8-6-3-1-2-4-7(6)10(9)11(8)13/h1-4,8-11H,5H2/t8-,9+,10-,11?/m0/s1. The SMILES string of the molecule is ClC1[C@H]2c3ccccc3[C@@H]1C[C@H]2Cl. The minimum Gasteiger partial charge on any atom is -0.122 e. The Labute approximate surface area is 87.9 Å². The summed E-state index contributed by atoms with van der Waals surface area (Å²) in [4.78, 5) is 0. The Bertz CT molecular complexity index is 348. The lowest BCUT2D eigenvalue weighted by Crippen LogP contribution is -2.10. The monoisotopic (exact) mass is 212 g/mol. The van der Waals surface area contributed by atoms with E-state index in [-0.39, 0.29) is 10.8 Å². The van der Waals surface area contributed by atoms with Crippen LogP contribution in [0.1, 0.15) is 29.4 Å². The van der Waals surface area contributed by atoms with E-state index in [4.69, 9.17) is 23.2 Å². The molecule has 0 aliphatic heterocycles. The van der Waals surface area contributed by atoms with Gasteiger partial charge in [0, 0.05) is 22.6 Å². The van der Waals surface area contributed by atoms with Gasteiger partial charge < -0.3 is 0 Å². The topological polar surface area (TPSA) is 0 Å². The zero-order valence-corrected chi connectivity index (χ0v) is 8.59. The summed E-state index contributed by atoms with van der Waals surface area (Å²) in [6.07, 6.45) is 1.05. The van der Waals surface area contributed by atoms with Crippen molar-refractivity contribution in [1.29, 1.82) is 0 Å². The molecular weight excluding hydrogens is 203 g/mol. The first-order valence-electron chi connectivity index (χ1n) is 4.66. The number of fused-ring (bicyclic) bond motifs is 5. The Hall–Kier alpha value is -0.200. The molecule has 3 rings (SSSR count). The van der Waals surface area contributed by atoms with Crippen LogP contribution >= 0.6 is 23.2 Å². The molecule has 0 spiro atoms. The minimum absolute atomic E-state index is 0.236. The van der Waals surface area contributed by atoms with E-state index in [1.807, 2.05) is 0 Å². The van der Waals surface area contributed by atoms with Crippen LogP contribution in [-0.2, 0) is 0 Å². The maximum Gasteiger partial charge on any atom is 0.0488 e. The van der Waals surface area contributed by atoms with Crippen molar-refractivity contribution in [3.05, 3.63) is 35.4 Å². The lowest BCUT2D eigenvalue weighted by atomic mass is 9.92. The van der Waals surface area contributed by atoms with Crippen molar-refractivity contribution in [3.8, 4) is 0 Å². The van der Waals surface area contributed by atoms with Crippen LogP contribution < -0.4 is 0 Å². The molecule has 2 heteroatoms. The molecule has 68 valence electrons. The van der Waals surface area contributed by atoms with Gasteiger partial charge in [-0.15, -0.1) is 23.2 Å². The lowest BCUT2D eigenvalue weighted by molar-refractivity contribution is 0.726. The number of alkyl halides is 2. The molecule has 1 aromatic carbocycles. The molecule has 0 saturated heterocycles. The van der Waals surface area contributed by atoms with E-state index in [0.29, 0.717) is 11.8 Å². The number of hydrogen-bond donors (Lipinski definition) is 0. The minimum atomic E-state index is 0.236. The Kier molecular flexibility index (Phi) is 1.66. The van der Waals surface area contributed by atoms with E-state index in [0.717, 1.165) is 6.42 Å². The van der Waals surface area contributed by atoms with Crippen molar-refractivity contribution in [2.75, 3.05) is 0 Å². The first kappa shape index (κ1) is 8.14. The molecule has 0 N–H and O–H groups in total. The van der Waals surface area contributed by atoms with Gasteiger partial charge in [-0.2, -0.15) is 0 Å². The Morgan fingerprint density at radius 3 is 2.54 bits per heavy atom. The van der Waals surface area contributed by atoms with Crippen molar-refractivity contribution in [1.82, 2.24) is 0 Å². The fraction of sp³-hybridized carbons (Fsp3) is 0.455. The number of rotatable bonds is 0. The summed E-state index contributed by atoms with van der Waals surface area (Å²) in [7, 11) is 0. The van der Waals surface area contributed by atoms with Gasteiger partial charge in [0.15, 0.2) is 0 Å². The number of hydrogen-bond acceptors (Lipinski definition) is 0. The fourth-order valence-corrected chi connectivity index (χ4v) is 3.89. The molecule has 0 radical (unpaired) electrons. The van der Waals surface area contributed by atoms with E-state index < -0.39 is 0 Å².